The highest BCUT2D eigenvalue weighted by molar-refractivity contribution is 5.71. The topological polar surface area (TPSA) is 130 Å². The Balaban J connectivity index is 0.994. The zero-order valence-corrected chi connectivity index (χ0v) is 31.9. The first-order valence-electron chi connectivity index (χ1n) is 20.7. The molecule has 2 heterocycles. The number of rotatable bonds is 9. The molecular weight excluding hydrogens is 634 g/mol. The predicted octanol–water partition coefficient (Wildman–Crippen LogP) is 7.53. The van der Waals surface area contributed by atoms with Gasteiger partial charge in [0.2, 0.25) is 5.79 Å². The van der Waals surface area contributed by atoms with E-state index in [4.69, 9.17) is 29.6 Å². The van der Waals surface area contributed by atoms with Gasteiger partial charge in [-0.15, -0.1) is 0 Å². The molecule has 0 aromatic carbocycles. The van der Waals surface area contributed by atoms with Crippen LogP contribution in [-0.4, -0.2) is 60.1 Å². The highest BCUT2D eigenvalue weighted by Crippen LogP contribution is 2.68. The predicted molar refractivity (Wildman–Crippen MR) is 189 cm³/mol. The van der Waals surface area contributed by atoms with Crippen LogP contribution in [0.1, 0.15) is 131 Å². The van der Waals surface area contributed by atoms with E-state index >= 15 is 0 Å². The van der Waals surface area contributed by atoms with Crippen molar-refractivity contribution < 1.29 is 39.0 Å². The minimum Gasteiger partial charge on any atom is -0.465 e. The highest BCUT2D eigenvalue weighted by Gasteiger charge is 2.64. The number of hydrogen-bond donors (Lipinski definition) is 3. The molecule has 9 nitrogen and oxygen atoms in total. The Hall–Kier alpha value is -0.810. The molecule has 0 radical (unpaired) electrons. The lowest BCUT2D eigenvalue weighted by Crippen LogP contribution is -2.59. The van der Waals surface area contributed by atoms with Crippen molar-refractivity contribution in [3.05, 3.63) is 0 Å². The van der Waals surface area contributed by atoms with E-state index < -0.39 is 12.1 Å². The Morgan fingerprint density at radius 3 is 2.48 bits per heavy atom. The second kappa shape index (κ2) is 14.4. The van der Waals surface area contributed by atoms with Gasteiger partial charge < -0.3 is 29.8 Å². The van der Waals surface area contributed by atoms with Gasteiger partial charge in [-0.1, -0.05) is 41.0 Å². The molecule has 18 atom stereocenters. The molecule has 4 unspecified atom stereocenters. The van der Waals surface area contributed by atoms with Crippen LogP contribution in [-0.2, 0) is 28.6 Å². The molecule has 7 aliphatic rings. The van der Waals surface area contributed by atoms with Crippen molar-refractivity contribution in [3.8, 4) is 0 Å². The molecule has 2 aliphatic heterocycles. The van der Waals surface area contributed by atoms with Crippen molar-refractivity contribution in [2.75, 3.05) is 13.2 Å². The van der Waals surface area contributed by atoms with Crippen LogP contribution in [0.25, 0.3) is 0 Å². The lowest BCUT2D eigenvalue weighted by molar-refractivity contribution is -0.446. The molecule has 4 N–H and O–H groups in total. The summed E-state index contributed by atoms with van der Waals surface area (Å²) in [5.41, 5.74) is 5.58. The smallest absolute Gasteiger partial charge is 0.319 e. The van der Waals surface area contributed by atoms with Crippen LogP contribution in [0, 0.1) is 75.9 Å². The Morgan fingerprint density at radius 2 is 1.72 bits per heavy atom. The summed E-state index contributed by atoms with van der Waals surface area (Å²) < 4.78 is 25.5. The van der Waals surface area contributed by atoms with Gasteiger partial charge in [0, 0.05) is 18.3 Å². The highest BCUT2D eigenvalue weighted by atomic mass is 17.1. The van der Waals surface area contributed by atoms with Gasteiger partial charge in [0.05, 0.1) is 25.4 Å². The summed E-state index contributed by atoms with van der Waals surface area (Å²) in [6, 6.07) is 0. The lowest BCUT2D eigenvalue weighted by Gasteiger charge is -2.62. The van der Waals surface area contributed by atoms with E-state index in [0.717, 1.165) is 44.9 Å². The average Bonchev–Trinajstić information content (AvgIpc) is 3.39. The average molecular weight is 704 g/mol. The summed E-state index contributed by atoms with van der Waals surface area (Å²) in [5, 5.41) is 21.9. The standard InChI is InChI=1S/C41H69NO8/c1-23-9-11-29-25(3)37(48-38-36(29)28(23)16-18-40(5,49-38)50-45)47-27-15-17-39(4)26(20-27)10-12-30-32-14-13-31(41(32,6)34(43)21-33(30)39)24(2)8-7-19-46-35(44)22-42/h23-34,36-38,43,45H,7-22,42H2,1-6H3/t23-,24-,25-,26-,27-,28+,29?,30+,31-,32?,33+,34+,36?,37+,38?,39+,40-,41-/m1/s1. The van der Waals surface area contributed by atoms with Gasteiger partial charge in [-0.3, -0.25) is 4.79 Å². The molecule has 0 spiro atoms. The minimum absolute atomic E-state index is 0.0442. The summed E-state index contributed by atoms with van der Waals surface area (Å²) in [6.45, 7) is 14.2. The molecule has 0 amide bonds. The molecule has 0 aromatic heterocycles. The first kappa shape index (κ1) is 37.5. The largest absolute Gasteiger partial charge is 0.465 e. The van der Waals surface area contributed by atoms with Gasteiger partial charge in [0.15, 0.2) is 12.6 Å². The van der Waals surface area contributed by atoms with Crippen LogP contribution in [0.2, 0.25) is 0 Å². The van der Waals surface area contributed by atoms with E-state index in [-0.39, 0.29) is 41.8 Å². The number of carbonyl (C=O) groups excluding carboxylic acids is 1. The Kier molecular flexibility index (Phi) is 10.8. The Labute approximate surface area is 301 Å². The van der Waals surface area contributed by atoms with Crippen molar-refractivity contribution in [3.63, 3.8) is 0 Å². The zero-order chi connectivity index (χ0) is 35.6. The number of ether oxygens (including phenoxy) is 4. The third-order valence-corrected chi connectivity index (χ3v) is 16.9. The first-order chi connectivity index (χ1) is 23.8. The number of aliphatic hydroxyl groups excluding tert-OH is 1. The molecule has 9 heteroatoms. The van der Waals surface area contributed by atoms with E-state index in [0.29, 0.717) is 78.1 Å². The molecule has 2 saturated heterocycles. The summed E-state index contributed by atoms with van der Waals surface area (Å²) in [6.07, 6.45) is 14.1. The first-order valence-corrected chi connectivity index (χ1v) is 20.7. The monoisotopic (exact) mass is 704 g/mol. The van der Waals surface area contributed by atoms with E-state index in [9.17, 15) is 15.2 Å². The fraction of sp³-hybridized carbons (Fsp3) is 0.976. The quantitative estimate of drug-likeness (QED) is 0.0734. The summed E-state index contributed by atoms with van der Waals surface area (Å²) in [7, 11) is 0. The summed E-state index contributed by atoms with van der Waals surface area (Å²) >= 11 is 0. The Bertz CT molecular complexity index is 1200. The maximum absolute atomic E-state index is 12.1. The van der Waals surface area contributed by atoms with Gasteiger partial charge in [0.25, 0.3) is 0 Å². The van der Waals surface area contributed by atoms with Gasteiger partial charge in [-0.2, -0.15) is 0 Å². The molecule has 7 fully saturated rings. The zero-order valence-electron chi connectivity index (χ0n) is 31.9. The third kappa shape index (κ3) is 6.42. The molecular formula is C41H69NO8. The molecule has 0 bridgehead atoms. The van der Waals surface area contributed by atoms with Crippen molar-refractivity contribution in [1.29, 1.82) is 0 Å². The molecule has 286 valence electrons. The van der Waals surface area contributed by atoms with Crippen LogP contribution in [0.4, 0.5) is 0 Å². The molecule has 0 aromatic rings. The van der Waals surface area contributed by atoms with Crippen LogP contribution in [0.3, 0.4) is 0 Å². The van der Waals surface area contributed by atoms with Crippen LogP contribution in [0.5, 0.6) is 0 Å². The van der Waals surface area contributed by atoms with Gasteiger partial charge in [-0.05, 0) is 148 Å². The van der Waals surface area contributed by atoms with E-state index in [1.54, 1.807) is 0 Å². The summed E-state index contributed by atoms with van der Waals surface area (Å²) in [5.74, 6) is 4.21. The number of fused-ring (bicyclic) bond motifs is 5. The second-order valence-electron chi connectivity index (χ2n) is 19.1. The van der Waals surface area contributed by atoms with E-state index in [1.807, 2.05) is 6.92 Å². The molecule has 5 aliphatic carbocycles. The SMILES string of the molecule is C[C@@H]1CCC2C3C(O[C@H](O[C@@H]4CC[C@@]5(C)[C@H](CC[C@H]6C7CC[C@H]([C@H](C)CCCOC(=O)CN)[C@@]7(C)[C@@H](O)C[C@@H]65)C4)[C@@H]2C)O[C@](C)(OO)CC[C@H]31. The van der Waals surface area contributed by atoms with Crippen molar-refractivity contribution in [2.24, 2.45) is 81.7 Å². The van der Waals surface area contributed by atoms with E-state index in [1.165, 1.54) is 38.5 Å². The van der Waals surface area contributed by atoms with Crippen molar-refractivity contribution >= 4 is 5.97 Å². The lowest BCUT2D eigenvalue weighted by atomic mass is 9.43. The molecule has 50 heavy (non-hydrogen) atoms. The fourth-order valence-electron chi connectivity index (χ4n) is 14.0. The van der Waals surface area contributed by atoms with Crippen molar-refractivity contribution in [2.45, 2.75) is 162 Å². The minimum atomic E-state index is -1.05. The second-order valence-corrected chi connectivity index (χ2v) is 19.1. The number of aliphatic hydroxyl groups is 1. The Morgan fingerprint density at radius 1 is 0.940 bits per heavy atom. The molecule has 5 saturated carbocycles. The van der Waals surface area contributed by atoms with Crippen LogP contribution >= 0.6 is 0 Å². The van der Waals surface area contributed by atoms with Gasteiger partial charge in [0.1, 0.15) is 0 Å². The number of hydrogen-bond acceptors (Lipinski definition) is 9. The summed E-state index contributed by atoms with van der Waals surface area (Å²) in [4.78, 5) is 16.4. The molecule has 7 rings (SSSR count). The van der Waals surface area contributed by atoms with Crippen LogP contribution < -0.4 is 5.73 Å². The van der Waals surface area contributed by atoms with Gasteiger partial charge >= 0.3 is 5.97 Å². The normalized spacial score (nSPS) is 52.1. The number of esters is 1. The number of nitrogens with two attached hydrogens (primary N) is 1. The van der Waals surface area contributed by atoms with Crippen LogP contribution in [0.15, 0.2) is 0 Å². The van der Waals surface area contributed by atoms with E-state index in [2.05, 4.69) is 34.6 Å². The van der Waals surface area contributed by atoms with Crippen molar-refractivity contribution in [1.82, 2.24) is 0 Å². The maximum Gasteiger partial charge on any atom is 0.319 e. The van der Waals surface area contributed by atoms with Gasteiger partial charge in [-0.25, -0.2) is 10.1 Å². The number of carbonyl (C=O) groups is 1. The fourth-order valence-corrected chi connectivity index (χ4v) is 14.0. The maximum atomic E-state index is 12.1. The third-order valence-electron chi connectivity index (χ3n) is 16.9.